The van der Waals surface area contributed by atoms with Gasteiger partial charge in [-0.2, -0.15) is 0 Å². The number of hydrogen-bond donors (Lipinski definition) is 2. The highest BCUT2D eigenvalue weighted by Gasteiger charge is 2.67. The van der Waals surface area contributed by atoms with Crippen LogP contribution in [-0.4, -0.2) is 34.3 Å². The van der Waals surface area contributed by atoms with Gasteiger partial charge in [0.05, 0.1) is 17.5 Å². The molecule has 7 heteroatoms. The molecule has 0 spiro atoms. The standard InChI is InChI=1S/C19H17ClN2O4/c20-8-1-4-13(14(23)5-8)21-15(24)7-22-18(25)16-9-2-3-10(12-6-11(9)12)17(16)19(22)26/h1-5,9-12,16-17,23H,6-7H2,(H,21,24)/t9-,10-,11-,12+,16-,17+/m0/s1. The molecule has 1 aromatic carbocycles. The Morgan fingerprint density at radius 3 is 2.35 bits per heavy atom. The molecule has 1 aromatic rings. The van der Waals surface area contributed by atoms with Crippen molar-refractivity contribution in [3.8, 4) is 5.75 Å². The molecule has 2 bridgehead atoms. The average molecular weight is 373 g/mol. The van der Waals surface area contributed by atoms with Gasteiger partial charge >= 0.3 is 0 Å². The van der Waals surface area contributed by atoms with E-state index in [1.165, 1.54) is 18.2 Å². The highest BCUT2D eigenvalue weighted by atomic mass is 35.5. The molecular formula is C19H17ClN2O4. The van der Waals surface area contributed by atoms with E-state index in [0.29, 0.717) is 16.9 Å². The highest BCUT2D eigenvalue weighted by Crippen LogP contribution is 2.65. The molecule has 26 heavy (non-hydrogen) atoms. The summed E-state index contributed by atoms with van der Waals surface area (Å²) in [7, 11) is 0. The molecular weight excluding hydrogens is 356 g/mol. The Morgan fingerprint density at radius 1 is 1.15 bits per heavy atom. The van der Waals surface area contributed by atoms with Crippen LogP contribution in [0.1, 0.15) is 6.42 Å². The van der Waals surface area contributed by atoms with E-state index in [9.17, 15) is 19.5 Å². The quantitative estimate of drug-likeness (QED) is 0.483. The fraction of sp³-hybridized carbons (Fsp3) is 0.421. The van der Waals surface area contributed by atoms with Gasteiger partial charge in [-0.3, -0.25) is 19.3 Å². The highest BCUT2D eigenvalue weighted by molar-refractivity contribution is 6.30. The molecule has 1 saturated heterocycles. The Labute approximate surface area is 154 Å². The van der Waals surface area contributed by atoms with Crippen LogP contribution in [0.2, 0.25) is 5.02 Å². The molecule has 2 saturated carbocycles. The third kappa shape index (κ3) is 2.14. The minimum Gasteiger partial charge on any atom is -0.506 e. The van der Waals surface area contributed by atoms with Crippen LogP contribution in [0.25, 0.3) is 0 Å². The molecule has 5 aliphatic rings. The molecule has 1 heterocycles. The fourth-order valence-corrected chi connectivity index (χ4v) is 5.28. The smallest absolute Gasteiger partial charge is 0.244 e. The summed E-state index contributed by atoms with van der Waals surface area (Å²) in [6.45, 7) is -0.332. The lowest BCUT2D eigenvalue weighted by molar-refractivity contribution is -0.142. The van der Waals surface area contributed by atoms with Crippen LogP contribution in [0.5, 0.6) is 5.75 Å². The molecule has 6 rings (SSSR count). The molecule has 2 N–H and O–H groups in total. The Kier molecular flexibility index (Phi) is 3.26. The van der Waals surface area contributed by atoms with Crippen molar-refractivity contribution in [1.29, 1.82) is 0 Å². The van der Waals surface area contributed by atoms with E-state index in [0.717, 1.165) is 11.3 Å². The molecule has 4 aliphatic carbocycles. The summed E-state index contributed by atoms with van der Waals surface area (Å²) in [5, 5.41) is 12.7. The second-order valence-corrected chi connectivity index (χ2v) is 8.06. The van der Waals surface area contributed by atoms with Crippen LogP contribution < -0.4 is 5.32 Å². The van der Waals surface area contributed by atoms with Crippen LogP contribution >= 0.6 is 11.6 Å². The van der Waals surface area contributed by atoms with Gasteiger partial charge in [-0.1, -0.05) is 23.8 Å². The number of benzene rings is 1. The number of imide groups is 1. The number of halogens is 1. The minimum atomic E-state index is -0.520. The van der Waals surface area contributed by atoms with E-state index < -0.39 is 5.91 Å². The monoisotopic (exact) mass is 372 g/mol. The molecule has 3 amide bonds. The van der Waals surface area contributed by atoms with E-state index in [4.69, 9.17) is 11.6 Å². The van der Waals surface area contributed by atoms with Crippen molar-refractivity contribution in [2.24, 2.45) is 35.5 Å². The summed E-state index contributed by atoms with van der Waals surface area (Å²) in [6, 6.07) is 4.32. The largest absolute Gasteiger partial charge is 0.506 e. The first-order chi connectivity index (χ1) is 12.5. The maximum absolute atomic E-state index is 12.8. The van der Waals surface area contributed by atoms with Gasteiger partial charge in [0.1, 0.15) is 12.3 Å². The molecule has 0 aromatic heterocycles. The number of carbonyl (C=O) groups excluding carboxylic acids is 3. The minimum absolute atomic E-state index is 0.139. The van der Waals surface area contributed by atoms with Gasteiger partial charge in [0.2, 0.25) is 17.7 Å². The predicted molar refractivity (Wildman–Crippen MR) is 93.2 cm³/mol. The second kappa shape index (κ2) is 5.33. The first kappa shape index (κ1) is 15.9. The lowest BCUT2D eigenvalue weighted by Crippen LogP contribution is -2.40. The van der Waals surface area contributed by atoms with Crippen LogP contribution in [0.4, 0.5) is 5.69 Å². The topological polar surface area (TPSA) is 86.7 Å². The number of amides is 3. The lowest BCUT2D eigenvalue weighted by Gasteiger charge is -2.37. The summed E-state index contributed by atoms with van der Waals surface area (Å²) >= 11 is 5.77. The number of likely N-dealkylation sites (tertiary alicyclic amines) is 1. The van der Waals surface area contributed by atoms with Crippen LogP contribution in [-0.2, 0) is 14.4 Å². The first-order valence-electron chi connectivity index (χ1n) is 8.77. The van der Waals surface area contributed by atoms with Crippen molar-refractivity contribution in [2.45, 2.75) is 6.42 Å². The fourth-order valence-electron chi connectivity index (χ4n) is 5.12. The number of nitrogens with one attached hydrogen (secondary N) is 1. The molecule has 0 radical (unpaired) electrons. The zero-order chi connectivity index (χ0) is 18.2. The van der Waals surface area contributed by atoms with Crippen molar-refractivity contribution < 1.29 is 19.5 Å². The number of rotatable bonds is 3. The van der Waals surface area contributed by atoms with E-state index in [1.807, 2.05) is 0 Å². The van der Waals surface area contributed by atoms with Gasteiger partial charge in [0.25, 0.3) is 0 Å². The number of allylic oxidation sites excluding steroid dienone is 2. The summed E-state index contributed by atoms with van der Waals surface area (Å²) in [6.07, 6.45) is 5.30. The normalized spacial score (nSPS) is 36.1. The second-order valence-electron chi connectivity index (χ2n) is 7.63. The van der Waals surface area contributed by atoms with Gasteiger partial charge < -0.3 is 10.4 Å². The van der Waals surface area contributed by atoms with E-state index in [-0.39, 0.29) is 53.5 Å². The Hall–Kier alpha value is -2.34. The Bertz CT molecular complexity index is 846. The number of carbonyl (C=O) groups is 3. The number of anilines is 1. The van der Waals surface area contributed by atoms with Gasteiger partial charge in [0.15, 0.2) is 0 Å². The summed E-state index contributed by atoms with van der Waals surface area (Å²) in [5.74, 6) is -0.434. The third-order valence-electron chi connectivity index (χ3n) is 6.29. The summed E-state index contributed by atoms with van der Waals surface area (Å²) in [4.78, 5) is 39.1. The van der Waals surface area contributed by atoms with Crippen LogP contribution in [0.3, 0.4) is 0 Å². The molecule has 0 unspecified atom stereocenters. The lowest BCUT2D eigenvalue weighted by atomic mass is 9.63. The van der Waals surface area contributed by atoms with Crippen LogP contribution in [0.15, 0.2) is 30.4 Å². The van der Waals surface area contributed by atoms with Gasteiger partial charge in [-0.15, -0.1) is 0 Å². The summed E-state index contributed by atoms with van der Waals surface area (Å²) in [5.41, 5.74) is 0.193. The SMILES string of the molecule is O=C(CN1C(=O)[C@@H]2[C@H]3C=C[C@@H]([C@@H]4C[C@H]34)[C@@H]2C1=O)Nc1ccc(Cl)cc1O. The summed E-state index contributed by atoms with van der Waals surface area (Å²) < 4.78 is 0. The number of phenols is 1. The molecule has 6 nitrogen and oxygen atoms in total. The predicted octanol–water partition coefficient (Wildman–Crippen LogP) is 2.04. The maximum atomic E-state index is 12.8. The van der Waals surface area contributed by atoms with E-state index >= 15 is 0 Å². The zero-order valence-electron chi connectivity index (χ0n) is 13.8. The molecule has 3 fully saturated rings. The molecule has 6 atom stereocenters. The third-order valence-corrected chi connectivity index (χ3v) is 6.52. The first-order valence-corrected chi connectivity index (χ1v) is 9.15. The molecule has 134 valence electrons. The maximum Gasteiger partial charge on any atom is 0.244 e. The van der Waals surface area contributed by atoms with Crippen molar-refractivity contribution in [2.75, 3.05) is 11.9 Å². The van der Waals surface area contributed by atoms with E-state index in [1.54, 1.807) is 0 Å². The van der Waals surface area contributed by atoms with Crippen molar-refractivity contribution in [3.05, 3.63) is 35.4 Å². The number of hydrogen-bond acceptors (Lipinski definition) is 4. The van der Waals surface area contributed by atoms with Crippen molar-refractivity contribution >= 4 is 35.0 Å². The Morgan fingerprint density at radius 2 is 1.77 bits per heavy atom. The molecule has 1 aliphatic heterocycles. The number of phenolic OH excluding ortho intramolecular Hbond substituents is 1. The zero-order valence-corrected chi connectivity index (χ0v) is 14.5. The van der Waals surface area contributed by atoms with Gasteiger partial charge in [-0.25, -0.2) is 0 Å². The average Bonchev–Trinajstić information content (AvgIpc) is 3.39. The van der Waals surface area contributed by atoms with Crippen molar-refractivity contribution in [3.63, 3.8) is 0 Å². The van der Waals surface area contributed by atoms with Crippen LogP contribution in [0, 0.1) is 35.5 Å². The van der Waals surface area contributed by atoms with Gasteiger partial charge in [0, 0.05) is 11.1 Å². The number of aromatic hydroxyl groups is 1. The van der Waals surface area contributed by atoms with E-state index in [2.05, 4.69) is 17.5 Å². The van der Waals surface area contributed by atoms with Gasteiger partial charge in [-0.05, 0) is 42.2 Å². The van der Waals surface area contributed by atoms with Crippen molar-refractivity contribution in [1.82, 2.24) is 4.90 Å². The number of nitrogens with zero attached hydrogens (tertiary/aromatic N) is 1. The Balaban J connectivity index is 1.33.